The fourth-order valence-corrected chi connectivity index (χ4v) is 1.78. The summed E-state index contributed by atoms with van der Waals surface area (Å²) >= 11 is 0. The van der Waals surface area contributed by atoms with Crippen molar-refractivity contribution in [2.45, 2.75) is 46.6 Å². The maximum atomic E-state index is 5.34. The predicted molar refractivity (Wildman–Crippen MR) is 66.6 cm³/mol. The molecule has 1 fully saturated rings. The minimum absolute atomic E-state index is 0.524. The highest BCUT2D eigenvalue weighted by Crippen LogP contribution is 2.16. The molecule has 3 nitrogen and oxygen atoms in total. The molecule has 0 saturated carbocycles. The van der Waals surface area contributed by atoms with Gasteiger partial charge in [0.2, 0.25) is 0 Å². The molecule has 2 heterocycles. The standard InChI is InChI=1S/C11H18N2O.C2H6/c1-9(2)11-3-5-13(12-11)7-10-4-6-14-8-10;1-2/h3,5,9-10H,4,6-8H2,1-2H3;1-2H3. The van der Waals surface area contributed by atoms with E-state index in [1.54, 1.807) is 0 Å². The lowest BCUT2D eigenvalue weighted by molar-refractivity contribution is 0.181. The van der Waals surface area contributed by atoms with Gasteiger partial charge in [-0.3, -0.25) is 4.68 Å². The van der Waals surface area contributed by atoms with Gasteiger partial charge in [-0.2, -0.15) is 5.10 Å². The van der Waals surface area contributed by atoms with Crippen molar-refractivity contribution in [1.82, 2.24) is 9.78 Å². The first kappa shape index (κ1) is 13.2. The third kappa shape index (κ3) is 3.63. The van der Waals surface area contributed by atoms with Gasteiger partial charge < -0.3 is 4.74 Å². The molecule has 1 unspecified atom stereocenters. The van der Waals surface area contributed by atoms with Crippen molar-refractivity contribution in [2.24, 2.45) is 5.92 Å². The summed E-state index contributed by atoms with van der Waals surface area (Å²) in [5, 5.41) is 4.53. The van der Waals surface area contributed by atoms with Crippen LogP contribution in [-0.4, -0.2) is 23.0 Å². The molecule has 0 aliphatic carbocycles. The first-order valence-electron chi connectivity index (χ1n) is 6.37. The zero-order chi connectivity index (χ0) is 12.0. The number of nitrogens with zero attached hydrogens (tertiary/aromatic N) is 2. The molecule has 16 heavy (non-hydrogen) atoms. The molecule has 3 heteroatoms. The molecule has 0 N–H and O–H groups in total. The molecule has 1 aromatic heterocycles. The molecule has 2 rings (SSSR count). The largest absolute Gasteiger partial charge is 0.381 e. The van der Waals surface area contributed by atoms with Crippen molar-refractivity contribution >= 4 is 0 Å². The molecule has 1 atom stereocenters. The van der Waals surface area contributed by atoms with E-state index in [-0.39, 0.29) is 0 Å². The second kappa shape index (κ2) is 6.69. The molecule has 92 valence electrons. The van der Waals surface area contributed by atoms with E-state index in [2.05, 4.69) is 35.9 Å². The lowest BCUT2D eigenvalue weighted by atomic mass is 10.1. The van der Waals surface area contributed by atoms with E-state index in [9.17, 15) is 0 Å². The fourth-order valence-electron chi connectivity index (χ4n) is 1.78. The maximum Gasteiger partial charge on any atom is 0.0649 e. The van der Waals surface area contributed by atoms with Crippen LogP contribution in [-0.2, 0) is 11.3 Å². The molecule has 0 aromatic carbocycles. The van der Waals surface area contributed by atoms with Crippen molar-refractivity contribution < 1.29 is 4.74 Å². The van der Waals surface area contributed by atoms with Gasteiger partial charge in [0.15, 0.2) is 0 Å². The number of hydrogen-bond donors (Lipinski definition) is 0. The van der Waals surface area contributed by atoms with Crippen LogP contribution < -0.4 is 0 Å². The van der Waals surface area contributed by atoms with Crippen molar-refractivity contribution in [1.29, 1.82) is 0 Å². The molecule has 0 amide bonds. The second-order valence-corrected chi connectivity index (χ2v) is 4.35. The van der Waals surface area contributed by atoms with Crippen LogP contribution in [0.3, 0.4) is 0 Å². The van der Waals surface area contributed by atoms with Crippen LogP contribution in [0.1, 0.15) is 45.7 Å². The van der Waals surface area contributed by atoms with Crippen LogP contribution >= 0.6 is 0 Å². The van der Waals surface area contributed by atoms with Gasteiger partial charge in [-0.05, 0) is 18.4 Å². The van der Waals surface area contributed by atoms with Crippen molar-refractivity contribution in [2.75, 3.05) is 13.2 Å². The Balaban J connectivity index is 0.000000606. The molecular weight excluding hydrogens is 200 g/mol. The fraction of sp³-hybridized carbons (Fsp3) is 0.769. The van der Waals surface area contributed by atoms with Crippen molar-refractivity contribution in [3.05, 3.63) is 18.0 Å². The highest BCUT2D eigenvalue weighted by atomic mass is 16.5. The van der Waals surface area contributed by atoms with Gasteiger partial charge in [0.05, 0.1) is 12.3 Å². The number of rotatable bonds is 3. The average Bonchev–Trinajstić information content (AvgIpc) is 2.92. The Morgan fingerprint density at radius 1 is 1.50 bits per heavy atom. The lowest BCUT2D eigenvalue weighted by Crippen LogP contribution is -2.11. The van der Waals surface area contributed by atoms with Crippen LogP contribution in [0.2, 0.25) is 0 Å². The molecule has 1 saturated heterocycles. The maximum absolute atomic E-state index is 5.34. The summed E-state index contributed by atoms with van der Waals surface area (Å²) in [5.41, 5.74) is 1.18. The Morgan fingerprint density at radius 2 is 2.25 bits per heavy atom. The zero-order valence-corrected chi connectivity index (χ0v) is 10.9. The van der Waals surface area contributed by atoms with E-state index in [1.165, 1.54) is 12.1 Å². The Bertz CT molecular complexity index is 288. The third-order valence-corrected chi connectivity index (χ3v) is 2.72. The highest BCUT2D eigenvalue weighted by molar-refractivity contribution is 5.03. The van der Waals surface area contributed by atoms with Gasteiger partial charge >= 0.3 is 0 Å². The second-order valence-electron chi connectivity index (χ2n) is 4.35. The molecule has 1 aliphatic rings. The summed E-state index contributed by atoms with van der Waals surface area (Å²) < 4.78 is 7.39. The highest BCUT2D eigenvalue weighted by Gasteiger charge is 2.16. The van der Waals surface area contributed by atoms with E-state index in [0.717, 1.165) is 19.8 Å². The van der Waals surface area contributed by atoms with E-state index < -0.39 is 0 Å². The molecule has 0 radical (unpaired) electrons. The van der Waals surface area contributed by atoms with Gasteiger partial charge in [-0.25, -0.2) is 0 Å². The predicted octanol–water partition coefficient (Wildman–Crippen LogP) is 3.07. The van der Waals surface area contributed by atoms with E-state index in [4.69, 9.17) is 4.74 Å². The Labute approximate surface area is 98.8 Å². The number of aromatic nitrogens is 2. The number of ether oxygens (including phenoxy) is 1. The van der Waals surface area contributed by atoms with E-state index in [1.807, 2.05) is 13.8 Å². The lowest BCUT2D eigenvalue weighted by Gasteiger charge is -2.07. The Kier molecular flexibility index (Phi) is 5.53. The molecule has 1 aliphatic heterocycles. The summed E-state index contributed by atoms with van der Waals surface area (Å²) in [6, 6.07) is 2.11. The monoisotopic (exact) mass is 224 g/mol. The topological polar surface area (TPSA) is 27.1 Å². The van der Waals surface area contributed by atoms with Gasteiger partial charge in [-0.15, -0.1) is 0 Å². The Hall–Kier alpha value is -0.830. The van der Waals surface area contributed by atoms with Crippen LogP contribution in [0.25, 0.3) is 0 Å². The SMILES string of the molecule is CC.CC(C)c1ccn(CC2CCOC2)n1. The third-order valence-electron chi connectivity index (χ3n) is 2.72. The summed E-state index contributed by atoms with van der Waals surface area (Å²) in [4.78, 5) is 0. The molecule has 1 aromatic rings. The minimum Gasteiger partial charge on any atom is -0.381 e. The Morgan fingerprint density at radius 3 is 2.75 bits per heavy atom. The van der Waals surface area contributed by atoms with Crippen LogP contribution in [0.5, 0.6) is 0 Å². The van der Waals surface area contributed by atoms with Gasteiger partial charge in [0, 0.05) is 25.3 Å². The first-order chi connectivity index (χ1) is 7.75. The first-order valence-corrected chi connectivity index (χ1v) is 6.37. The number of hydrogen-bond acceptors (Lipinski definition) is 2. The summed E-state index contributed by atoms with van der Waals surface area (Å²) in [6.07, 6.45) is 3.25. The van der Waals surface area contributed by atoms with Crippen molar-refractivity contribution in [3.8, 4) is 0 Å². The van der Waals surface area contributed by atoms with Crippen LogP contribution in [0, 0.1) is 5.92 Å². The quantitative estimate of drug-likeness (QED) is 0.789. The van der Waals surface area contributed by atoms with Crippen molar-refractivity contribution in [3.63, 3.8) is 0 Å². The summed E-state index contributed by atoms with van der Waals surface area (Å²) in [6.45, 7) is 11.2. The van der Waals surface area contributed by atoms with Gasteiger partial charge in [0.1, 0.15) is 0 Å². The zero-order valence-electron chi connectivity index (χ0n) is 10.9. The average molecular weight is 224 g/mol. The van der Waals surface area contributed by atoms with Gasteiger partial charge in [-0.1, -0.05) is 27.7 Å². The minimum atomic E-state index is 0.524. The van der Waals surface area contributed by atoms with E-state index in [0.29, 0.717) is 11.8 Å². The normalized spacial score (nSPS) is 19.7. The smallest absolute Gasteiger partial charge is 0.0649 e. The van der Waals surface area contributed by atoms with Crippen LogP contribution in [0.15, 0.2) is 12.3 Å². The summed E-state index contributed by atoms with van der Waals surface area (Å²) in [7, 11) is 0. The van der Waals surface area contributed by atoms with Gasteiger partial charge in [0.25, 0.3) is 0 Å². The van der Waals surface area contributed by atoms with E-state index >= 15 is 0 Å². The molecule has 0 spiro atoms. The summed E-state index contributed by atoms with van der Waals surface area (Å²) in [5.74, 6) is 1.19. The molecular formula is C13H24N2O. The molecule has 0 bridgehead atoms. The van der Waals surface area contributed by atoms with Crippen LogP contribution in [0.4, 0.5) is 0 Å².